The van der Waals surface area contributed by atoms with Gasteiger partial charge in [0.05, 0.1) is 0 Å². The minimum atomic E-state index is -3.37. The Labute approximate surface area is 50.5 Å². The maximum atomic E-state index is 8.48. The van der Waals surface area contributed by atoms with Crippen molar-refractivity contribution in [3.8, 4) is 0 Å². The van der Waals surface area contributed by atoms with Crippen LogP contribution in [0.4, 0.5) is 0 Å². The van der Waals surface area contributed by atoms with Gasteiger partial charge < -0.3 is 9.79 Å². The summed E-state index contributed by atoms with van der Waals surface area (Å²) in [5.74, 6) is 0. The third kappa shape index (κ3) is 47.4. The summed E-state index contributed by atoms with van der Waals surface area (Å²) in [4.78, 5) is 17.0. The molecular formula is HgO3P. The molecule has 0 amide bonds. The van der Waals surface area contributed by atoms with E-state index < -0.39 is 8.25 Å². The summed E-state index contributed by atoms with van der Waals surface area (Å²) < 4.78 is 8.48. The molecule has 5 heteroatoms. The van der Waals surface area contributed by atoms with E-state index in [9.17, 15) is 0 Å². The fourth-order valence-electron chi connectivity index (χ4n) is 0. The van der Waals surface area contributed by atoms with Crippen LogP contribution >= 0.6 is 8.25 Å². The number of hydrogen-bond donors (Lipinski definition) is 0. The third-order valence-corrected chi connectivity index (χ3v) is 0. The Hall–Kier alpha value is 0.955. The summed E-state index contributed by atoms with van der Waals surface area (Å²) in [6.45, 7) is 0. The zero-order chi connectivity index (χ0) is 3.58. The Morgan fingerprint density at radius 1 is 1.40 bits per heavy atom. The van der Waals surface area contributed by atoms with Gasteiger partial charge in [-0.05, 0) is 0 Å². The summed E-state index contributed by atoms with van der Waals surface area (Å²) in [6, 6.07) is 0. The van der Waals surface area contributed by atoms with Gasteiger partial charge in [0.1, 0.15) is 0 Å². The molecule has 0 N–H and O–H groups in total. The molecule has 0 aliphatic carbocycles. The van der Waals surface area contributed by atoms with E-state index >= 15 is 0 Å². The molecule has 5 heavy (non-hydrogen) atoms. The van der Waals surface area contributed by atoms with E-state index in [0.717, 1.165) is 0 Å². The van der Waals surface area contributed by atoms with E-state index in [1.165, 1.54) is 0 Å². The van der Waals surface area contributed by atoms with E-state index in [4.69, 9.17) is 14.4 Å². The first-order valence-electron chi connectivity index (χ1n) is 0.548. The molecule has 1 radical (unpaired) electrons. The molecule has 0 aromatic rings. The van der Waals surface area contributed by atoms with Crippen LogP contribution in [0.15, 0.2) is 0 Å². The summed E-state index contributed by atoms with van der Waals surface area (Å²) in [7, 11) is -3.37. The SMILES string of the molecule is O=[P+]([O-])[O-].[Hg+]. The van der Waals surface area contributed by atoms with Crippen LogP contribution in [-0.4, -0.2) is 0 Å². The molecule has 0 spiro atoms. The van der Waals surface area contributed by atoms with E-state index in [1.54, 1.807) is 0 Å². The zero-order valence-electron chi connectivity index (χ0n) is 2.38. The van der Waals surface area contributed by atoms with Crippen molar-refractivity contribution in [1.29, 1.82) is 0 Å². The van der Waals surface area contributed by atoms with Crippen molar-refractivity contribution in [2.24, 2.45) is 0 Å². The number of hydrogen-bond acceptors (Lipinski definition) is 3. The van der Waals surface area contributed by atoms with Crippen molar-refractivity contribution in [2.45, 2.75) is 0 Å². The molecule has 0 unspecified atom stereocenters. The van der Waals surface area contributed by atoms with Crippen LogP contribution < -0.4 is 9.79 Å². The molecule has 0 aromatic heterocycles. The topological polar surface area (TPSA) is 63.2 Å². The molecule has 25 valence electrons. The third-order valence-electron chi connectivity index (χ3n) is 0. The Morgan fingerprint density at radius 3 is 1.40 bits per heavy atom. The quantitative estimate of drug-likeness (QED) is 0.395. The minimum Gasteiger partial charge on any atom is -0.598 e. The summed E-state index contributed by atoms with van der Waals surface area (Å²) in [5.41, 5.74) is 0. The average Bonchev–Trinajstić information content (AvgIpc) is 0.811. The van der Waals surface area contributed by atoms with Crippen molar-refractivity contribution < 1.29 is 42.0 Å². The summed E-state index contributed by atoms with van der Waals surface area (Å²) >= 11 is 0. The monoisotopic (exact) mass is 281 g/mol. The van der Waals surface area contributed by atoms with Gasteiger partial charge in [-0.3, -0.25) is 0 Å². The van der Waals surface area contributed by atoms with Gasteiger partial charge in [-0.25, -0.2) is 0 Å². The first kappa shape index (κ1) is 9.35. The molecule has 0 aliphatic heterocycles. The molecule has 0 saturated carbocycles. The smallest absolute Gasteiger partial charge is 0.598 e. The van der Waals surface area contributed by atoms with Gasteiger partial charge in [0.25, 0.3) is 8.25 Å². The summed E-state index contributed by atoms with van der Waals surface area (Å²) in [5, 5.41) is 0. The minimum absolute atomic E-state index is 0. The first-order chi connectivity index (χ1) is 1.73. The van der Waals surface area contributed by atoms with Crippen molar-refractivity contribution in [2.75, 3.05) is 0 Å². The molecule has 0 saturated heterocycles. The van der Waals surface area contributed by atoms with Crippen LogP contribution in [0.1, 0.15) is 0 Å². The fourth-order valence-corrected chi connectivity index (χ4v) is 0. The maximum absolute atomic E-state index is 8.48. The predicted molar refractivity (Wildman–Crippen MR) is 7.61 cm³/mol. The predicted octanol–water partition coefficient (Wildman–Crippen LogP) is -1.64. The van der Waals surface area contributed by atoms with Gasteiger partial charge in [-0.15, -0.1) is 0 Å². The van der Waals surface area contributed by atoms with E-state index in [-0.39, 0.29) is 27.7 Å². The average molecular weight is 280 g/mol. The largest absolute Gasteiger partial charge is 1.00 e. The Kier molecular flexibility index (Phi) is 9.26. The molecule has 0 atom stereocenters. The second-order valence-electron chi connectivity index (χ2n) is 0.224. The van der Waals surface area contributed by atoms with Gasteiger partial charge in [0, 0.05) is 0 Å². The van der Waals surface area contributed by atoms with Crippen molar-refractivity contribution in [3.05, 3.63) is 0 Å². The Bertz CT molecular complexity index is 29.9. The van der Waals surface area contributed by atoms with Crippen molar-refractivity contribution in [1.82, 2.24) is 0 Å². The summed E-state index contributed by atoms with van der Waals surface area (Å²) in [6.07, 6.45) is 0. The molecule has 0 aromatic carbocycles. The normalized spacial score (nSPS) is 5.20. The second-order valence-corrected chi connectivity index (χ2v) is 0.671. The molecule has 0 rings (SSSR count). The van der Waals surface area contributed by atoms with Crippen molar-refractivity contribution in [3.63, 3.8) is 0 Å². The Morgan fingerprint density at radius 2 is 1.40 bits per heavy atom. The molecule has 0 bridgehead atoms. The van der Waals surface area contributed by atoms with Gasteiger partial charge in [-0.1, -0.05) is 4.57 Å². The van der Waals surface area contributed by atoms with Crippen LogP contribution in [0.3, 0.4) is 0 Å². The van der Waals surface area contributed by atoms with Crippen LogP contribution in [0.5, 0.6) is 0 Å². The molecular weight excluding hydrogens is 280 g/mol. The maximum Gasteiger partial charge on any atom is 1.00 e. The number of rotatable bonds is 0. The van der Waals surface area contributed by atoms with E-state index in [0.29, 0.717) is 0 Å². The van der Waals surface area contributed by atoms with Gasteiger partial charge in [0.15, 0.2) is 0 Å². The first-order valence-corrected chi connectivity index (χ1v) is 1.64. The van der Waals surface area contributed by atoms with Gasteiger partial charge in [-0.2, -0.15) is 0 Å². The van der Waals surface area contributed by atoms with Crippen LogP contribution in [0.2, 0.25) is 0 Å². The molecule has 3 nitrogen and oxygen atoms in total. The van der Waals surface area contributed by atoms with Gasteiger partial charge in [0.2, 0.25) is 0 Å². The standard InChI is InChI=1S/Hg.HO3P/c;1-4(2)3/h;(H,1,2,3)/q+1;/p-1. The molecule has 0 heterocycles. The van der Waals surface area contributed by atoms with Crippen LogP contribution in [-0.2, 0) is 32.2 Å². The molecule has 0 aliphatic rings. The second kappa shape index (κ2) is 4.96. The fraction of sp³-hybridized carbons (Fsp3) is 0. The van der Waals surface area contributed by atoms with Gasteiger partial charge >= 0.3 is 27.7 Å². The molecule has 0 fully saturated rings. The van der Waals surface area contributed by atoms with Crippen LogP contribution in [0, 0.1) is 0 Å². The van der Waals surface area contributed by atoms with Crippen LogP contribution in [0.25, 0.3) is 0 Å². The van der Waals surface area contributed by atoms with E-state index in [1.807, 2.05) is 0 Å². The van der Waals surface area contributed by atoms with E-state index in [2.05, 4.69) is 0 Å². The van der Waals surface area contributed by atoms with Crippen molar-refractivity contribution >= 4 is 8.25 Å². The zero-order valence-corrected chi connectivity index (χ0v) is 8.77. The Balaban J connectivity index is 0.